The Bertz CT molecular complexity index is 469. The summed E-state index contributed by atoms with van der Waals surface area (Å²) in [5, 5.41) is 0. The van der Waals surface area contributed by atoms with Gasteiger partial charge in [0.25, 0.3) is 0 Å². The summed E-state index contributed by atoms with van der Waals surface area (Å²) >= 11 is 0. The van der Waals surface area contributed by atoms with E-state index in [1.54, 1.807) is 32.7 Å². The van der Waals surface area contributed by atoms with E-state index in [9.17, 15) is 9.59 Å². The summed E-state index contributed by atoms with van der Waals surface area (Å²) in [6, 6.07) is 0. The standard InChI is InChI=1S/C22H43NO7/c1-21(2,3)18-29-17-16-28-15-14-27-13-12-26-10-8-19(24)23(7)9-11-30-20(25)22(4,5)6/h8-18H2,1-7H3. The normalized spacial score (nSPS) is 12.1. The molecule has 0 N–H and O–H groups in total. The van der Waals surface area contributed by atoms with Crippen LogP contribution in [0.15, 0.2) is 0 Å². The van der Waals surface area contributed by atoms with Crippen molar-refractivity contribution in [2.24, 2.45) is 10.8 Å². The second-order valence-corrected chi connectivity index (χ2v) is 9.40. The maximum atomic E-state index is 12.0. The minimum absolute atomic E-state index is 0.0511. The molecule has 0 spiro atoms. The molecule has 30 heavy (non-hydrogen) atoms. The largest absolute Gasteiger partial charge is 0.463 e. The molecule has 8 heteroatoms. The minimum Gasteiger partial charge on any atom is -0.463 e. The molecule has 178 valence electrons. The van der Waals surface area contributed by atoms with E-state index >= 15 is 0 Å². The molecule has 0 aliphatic carbocycles. The van der Waals surface area contributed by atoms with E-state index in [4.69, 9.17) is 23.7 Å². The molecule has 0 radical (unpaired) electrons. The van der Waals surface area contributed by atoms with Crippen LogP contribution in [0, 0.1) is 10.8 Å². The number of ether oxygens (including phenoxy) is 5. The number of rotatable bonds is 16. The smallest absolute Gasteiger partial charge is 0.311 e. The molecule has 0 bridgehead atoms. The van der Waals surface area contributed by atoms with Crippen molar-refractivity contribution in [1.82, 2.24) is 4.90 Å². The third-order valence-electron chi connectivity index (χ3n) is 3.81. The fraction of sp³-hybridized carbons (Fsp3) is 0.909. The van der Waals surface area contributed by atoms with Gasteiger partial charge < -0.3 is 28.6 Å². The Morgan fingerprint density at radius 3 is 1.63 bits per heavy atom. The van der Waals surface area contributed by atoms with Crippen molar-refractivity contribution >= 4 is 11.9 Å². The van der Waals surface area contributed by atoms with E-state index < -0.39 is 5.41 Å². The average molecular weight is 434 g/mol. The number of nitrogens with zero attached hydrogens (tertiary/aromatic N) is 1. The Hall–Kier alpha value is -1.22. The molecule has 0 aliphatic rings. The van der Waals surface area contributed by atoms with Crippen molar-refractivity contribution in [2.75, 3.05) is 73.1 Å². The number of carbonyl (C=O) groups excluding carboxylic acids is 2. The first-order chi connectivity index (χ1) is 13.9. The highest BCUT2D eigenvalue weighted by molar-refractivity contribution is 5.76. The maximum Gasteiger partial charge on any atom is 0.311 e. The van der Waals surface area contributed by atoms with E-state index in [0.29, 0.717) is 59.4 Å². The molecule has 0 aromatic heterocycles. The quantitative estimate of drug-likeness (QED) is 0.273. The Morgan fingerprint density at radius 2 is 1.17 bits per heavy atom. The van der Waals surface area contributed by atoms with Gasteiger partial charge in [0, 0.05) is 7.05 Å². The number of likely N-dealkylation sites (N-methyl/N-ethyl adjacent to an activating group) is 1. The van der Waals surface area contributed by atoms with Crippen LogP contribution in [0.2, 0.25) is 0 Å². The Balaban J connectivity index is 3.47. The lowest BCUT2D eigenvalue weighted by atomic mass is 9.97. The number of carbonyl (C=O) groups is 2. The summed E-state index contributed by atoms with van der Waals surface area (Å²) in [7, 11) is 1.69. The summed E-state index contributed by atoms with van der Waals surface area (Å²) in [5.41, 5.74) is -0.366. The van der Waals surface area contributed by atoms with Gasteiger partial charge in [0.1, 0.15) is 6.61 Å². The zero-order valence-electron chi connectivity index (χ0n) is 20.1. The molecule has 1 amide bonds. The lowest BCUT2D eigenvalue weighted by molar-refractivity contribution is -0.154. The van der Waals surface area contributed by atoms with Crippen molar-refractivity contribution < 1.29 is 33.3 Å². The summed E-state index contributed by atoms with van der Waals surface area (Å²) in [6.07, 6.45) is 0.279. The summed E-state index contributed by atoms with van der Waals surface area (Å²) in [4.78, 5) is 25.2. The van der Waals surface area contributed by atoms with Gasteiger partial charge in [-0.25, -0.2) is 0 Å². The fourth-order valence-corrected chi connectivity index (χ4v) is 2.00. The fourth-order valence-electron chi connectivity index (χ4n) is 2.00. The molecule has 0 fully saturated rings. The summed E-state index contributed by atoms with van der Waals surface area (Å²) < 4.78 is 26.9. The van der Waals surface area contributed by atoms with E-state index in [0.717, 1.165) is 0 Å². The third kappa shape index (κ3) is 17.6. The summed E-state index contributed by atoms with van der Waals surface area (Å²) in [5.74, 6) is -0.323. The molecule has 8 nitrogen and oxygen atoms in total. The van der Waals surface area contributed by atoms with Crippen molar-refractivity contribution in [3.63, 3.8) is 0 Å². The predicted octanol–water partition coefficient (Wildman–Crippen LogP) is 2.54. The van der Waals surface area contributed by atoms with E-state index in [1.807, 2.05) is 0 Å². The zero-order valence-corrected chi connectivity index (χ0v) is 20.1. The highest BCUT2D eigenvalue weighted by atomic mass is 16.6. The van der Waals surface area contributed by atoms with Gasteiger partial charge in [-0.2, -0.15) is 0 Å². The number of esters is 1. The maximum absolute atomic E-state index is 12.0. The van der Waals surface area contributed by atoms with Crippen LogP contribution in [-0.2, 0) is 33.3 Å². The molecule has 0 heterocycles. The SMILES string of the molecule is CN(CCOC(=O)C(C)(C)C)C(=O)CCOCCOCCOCCOCC(C)(C)C. The Kier molecular flexibility index (Phi) is 14.9. The van der Waals surface area contributed by atoms with Crippen LogP contribution >= 0.6 is 0 Å². The van der Waals surface area contributed by atoms with Crippen LogP contribution in [0.25, 0.3) is 0 Å². The number of hydrogen-bond acceptors (Lipinski definition) is 7. The molecule has 0 aromatic rings. The molecular weight excluding hydrogens is 390 g/mol. The van der Waals surface area contributed by atoms with Crippen LogP contribution in [0.1, 0.15) is 48.0 Å². The van der Waals surface area contributed by atoms with Crippen molar-refractivity contribution in [3.8, 4) is 0 Å². The lowest BCUT2D eigenvalue weighted by Crippen LogP contribution is -2.33. The van der Waals surface area contributed by atoms with Gasteiger partial charge in [0.05, 0.1) is 71.2 Å². The molecule has 0 unspecified atom stereocenters. The van der Waals surface area contributed by atoms with E-state index in [2.05, 4.69) is 20.8 Å². The first-order valence-electron chi connectivity index (χ1n) is 10.7. The molecule has 0 aliphatic heterocycles. The van der Waals surface area contributed by atoms with Crippen LogP contribution in [0.5, 0.6) is 0 Å². The molecule has 0 rings (SSSR count). The van der Waals surface area contributed by atoms with Crippen LogP contribution in [0.4, 0.5) is 0 Å². The third-order valence-corrected chi connectivity index (χ3v) is 3.81. The van der Waals surface area contributed by atoms with Crippen LogP contribution in [-0.4, -0.2) is 89.8 Å². The molecule has 0 atom stereocenters. The first-order valence-corrected chi connectivity index (χ1v) is 10.7. The van der Waals surface area contributed by atoms with E-state index in [1.165, 1.54) is 0 Å². The Morgan fingerprint density at radius 1 is 0.700 bits per heavy atom. The number of amides is 1. The highest BCUT2D eigenvalue weighted by Crippen LogP contribution is 2.15. The van der Waals surface area contributed by atoms with Crippen molar-refractivity contribution in [3.05, 3.63) is 0 Å². The molecule has 0 saturated heterocycles. The highest BCUT2D eigenvalue weighted by Gasteiger charge is 2.23. The second kappa shape index (κ2) is 15.6. The minimum atomic E-state index is -0.537. The Labute approximate surface area is 182 Å². The van der Waals surface area contributed by atoms with Crippen molar-refractivity contribution in [2.45, 2.75) is 48.0 Å². The first kappa shape index (κ1) is 28.8. The topological polar surface area (TPSA) is 83.5 Å². The molecule has 0 saturated carbocycles. The molecular formula is C22H43NO7. The molecule has 0 aromatic carbocycles. The predicted molar refractivity (Wildman–Crippen MR) is 115 cm³/mol. The van der Waals surface area contributed by atoms with Gasteiger partial charge in [-0.15, -0.1) is 0 Å². The van der Waals surface area contributed by atoms with Gasteiger partial charge in [-0.05, 0) is 26.2 Å². The lowest BCUT2D eigenvalue weighted by Gasteiger charge is -2.20. The average Bonchev–Trinajstić information content (AvgIpc) is 2.63. The van der Waals surface area contributed by atoms with Crippen molar-refractivity contribution in [1.29, 1.82) is 0 Å². The van der Waals surface area contributed by atoms with Crippen LogP contribution < -0.4 is 0 Å². The van der Waals surface area contributed by atoms with Gasteiger partial charge >= 0.3 is 5.97 Å². The summed E-state index contributed by atoms with van der Waals surface area (Å²) in [6.45, 7) is 16.4. The monoisotopic (exact) mass is 433 g/mol. The zero-order chi connectivity index (χ0) is 23.0. The van der Waals surface area contributed by atoms with Gasteiger partial charge in [-0.3, -0.25) is 9.59 Å². The van der Waals surface area contributed by atoms with Crippen LogP contribution in [0.3, 0.4) is 0 Å². The number of hydrogen-bond donors (Lipinski definition) is 0. The van der Waals surface area contributed by atoms with E-state index in [-0.39, 0.29) is 30.3 Å². The van der Waals surface area contributed by atoms with Gasteiger partial charge in [0.2, 0.25) is 5.91 Å². The second-order valence-electron chi connectivity index (χ2n) is 9.40. The van der Waals surface area contributed by atoms with Gasteiger partial charge in [0.15, 0.2) is 0 Å². The van der Waals surface area contributed by atoms with Gasteiger partial charge in [-0.1, -0.05) is 20.8 Å².